The molecular formula is C18H13BrCl2O5. The molecule has 0 saturated carbocycles. The third-order valence-corrected chi connectivity index (χ3v) is 4.15. The number of halogens is 3. The molecule has 8 heteroatoms. The van der Waals surface area contributed by atoms with E-state index in [-0.39, 0.29) is 21.5 Å². The first-order valence-corrected chi connectivity index (χ1v) is 8.96. The highest BCUT2D eigenvalue weighted by Gasteiger charge is 2.18. The maximum atomic E-state index is 11.3. The van der Waals surface area contributed by atoms with Gasteiger partial charge in [0, 0.05) is 11.1 Å². The highest BCUT2D eigenvalue weighted by Crippen LogP contribution is 2.16. The summed E-state index contributed by atoms with van der Waals surface area (Å²) in [5.41, 5.74) is 0.421. The van der Waals surface area contributed by atoms with Gasteiger partial charge in [0.15, 0.2) is 0 Å². The zero-order valence-electron chi connectivity index (χ0n) is 13.5. The molecule has 0 amide bonds. The van der Waals surface area contributed by atoms with Crippen molar-refractivity contribution < 1.29 is 23.9 Å². The van der Waals surface area contributed by atoms with Gasteiger partial charge in [0.1, 0.15) is 0 Å². The van der Waals surface area contributed by atoms with E-state index in [9.17, 15) is 19.2 Å². The van der Waals surface area contributed by atoms with E-state index in [1.54, 1.807) is 30.3 Å². The summed E-state index contributed by atoms with van der Waals surface area (Å²) in [6.45, 7) is 0. The summed E-state index contributed by atoms with van der Waals surface area (Å²) in [5, 5.41) is 0.580. The fraction of sp³-hybridized carbons (Fsp3) is 0.111. The Balaban J connectivity index is 0.000000260. The SMILES string of the molecule is COC(=O)C(=O)c1ccccc1Cl.O=C(CBr)C(=O)c1ccccc1Cl. The second kappa shape index (κ2) is 10.9. The van der Waals surface area contributed by atoms with Crippen LogP contribution in [0.3, 0.4) is 0 Å². The molecule has 0 aromatic heterocycles. The van der Waals surface area contributed by atoms with Gasteiger partial charge < -0.3 is 4.74 Å². The highest BCUT2D eigenvalue weighted by atomic mass is 79.9. The number of hydrogen-bond acceptors (Lipinski definition) is 5. The molecule has 0 aliphatic rings. The van der Waals surface area contributed by atoms with E-state index >= 15 is 0 Å². The molecule has 2 aromatic rings. The molecule has 26 heavy (non-hydrogen) atoms. The Hall–Kier alpha value is -2.02. The molecule has 0 fully saturated rings. The summed E-state index contributed by atoms with van der Waals surface area (Å²) in [5.74, 6) is -2.68. The summed E-state index contributed by atoms with van der Waals surface area (Å²) in [4.78, 5) is 44.4. The Morgan fingerprint density at radius 2 is 1.27 bits per heavy atom. The first-order valence-electron chi connectivity index (χ1n) is 7.08. The molecule has 2 aromatic carbocycles. The summed E-state index contributed by atoms with van der Waals surface area (Å²) in [7, 11) is 1.15. The summed E-state index contributed by atoms with van der Waals surface area (Å²) < 4.78 is 4.27. The molecular weight excluding hydrogens is 447 g/mol. The minimum atomic E-state index is -0.909. The van der Waals surface area contributed by atoms with Crippen LogP contribution in [-0.4, -0.2) is 35.8 Å². The van der Waals surface area contributed by atoms with Gasteiger partial charge in [0.2, 0.25) is 11.6 Å². The van der Waals surface area contributed by atoms with Crippen molar-refractivity contribution in [2.24, 2.45) is 0 Å². The summed E-state index contributed by atoms with van der Waals surface area (Å²) in [6.07, 6.45) is 0. The monoisotopic (exact) mass is 458 g/mol. The van der Waals surface area contributed by atoms with E-state index in [0.29, 0.717) is 5.02 Å². The van der Waals surface area contributed by atoms with Gasteiger partial charge in [0.25, 0.3) is 5.78 Å². The number of alkyl halides is 1. The van der Waals surface area contributed by atoms with E-state index in [1.165, 1.54) is 18.2 Å². The van der Waals surface area contributed by atoms with Gasteiger partial charge in [-0.25, -0.2) is 4.79 Å². The van der Waals surface area contributed by atoms with Gasteiger partial charge >= 0.3 is 5.97 Å². The molecule has 0 bridgehead atoms. The van der Waals surface area contributed by atoms with Gasteiger partial charge in [-0.1, -0.05) is 63.4 Å². The quantitative estimate of drug-likeness (QED) is 0.290. The van der Waals surface area contributed by atoms with Crippen LogP contribution in [0.25, 0.3) is 0 Å². The van der Waals surface area contributed by atoms with Gasteiger partial charge in [-0.15, -0.1) is 0 Å². The zero-order chi connectivity index (χ0) is 19.7. The largest absolute Gasteiger partial charge is 0.463 e. The lowest BCUT2D eigenvalue weighted by molar-refractivity contribution is -0.135. The predicted octanol–water partition coefficient (Wildman–Crippen LogP) is 4.18. The third-order valence-electron chi connectivity index (χ3n) is 2.98. The number of carbonyl (C=O) groups is 4. The van der Waals surface area contributed by atoms with Crippen molar-refractivity contribution >= 4 is 62.5 Å². The lowest BCUT2D eigenvalue weighted by Crippen LogP contribution is -2.15. The second-order valence-corrected chi connectivity index (χ2v) is 6.04. The lowest BCUT2D eigenvalue weighted by Gasteiger charge is -2.00. The van der Waals surface area contributed by atoms with Crippen LogP contribution in [0.1, 0.15) is 20.7 Å². The van der Waals surface area contributed by atoms with Crippen molar-refractivity contribution in [1.29, 1.82) is 0 Å². The van der Waals surface area contributed by atoms with Gasteiger partial charge in [-0.05, 0) is 24.3 Å². The number of benzene rings is 2. The topological polar surface area (TPSA) is 77.5 Å². The molecule has 136 valence electrons. The van der Waals surface area contributed by atoms with Gasteiger partial charge in [-0.3, -0.25) is 14.4 Å². The normalized spacial score (nSPS) is 9.54. The Bertz CT molecular complexity index is 766. The molecule has 0 spiro atoms. The molecule has 0 unspecified atom stereocenters. The highest BCUT2D eigenvalue weighted by molar-refractivity contribution is 9.09. The third kappa shape index (κ3) is 6.05. The first-order chi connectivity index (χ1) is 12.3. The van der Waals surface area contributed by atoms with Crippen molar-refractivity contribution in [2.45, 2.75) is 0 Å². The molecule has 0 atom stereocenters. The number of ketones is 3. The fourth-order valence-electron chi connectivity index (χ4n) is 1.70. The summed E-state index contributed by atoms with van der Waals surface area (Å²) in [6, 6.07) is 12.8. The average molecular weight is 460 g/mol. The smallest absolute Gasteiger partial charge is 0.379 e. The minimum absolute atomic E-state index is 0.0249. The van der Waals surface area contributed by atoms with Crippen LogP contribution in [0, 0.1) is 0 Å². The van der Waals surface area contributed by atoms with E-state index in [4.69, 9.17) is 23.2 Å². The Labute approximate surface area is 168 Å². The lowest BCUT2D eigenvalue weighted by atomic mass is 10.1. The Kier molecular flexibility index (Phi) is 9.19. The van der Waals surface area contributed by atoms with Crippen LogP contribution >= 0.6 is 39.1 Å². The van der Waals surface area contributed by atoms with Gasteiger partial charge in [0.05, 0.1) is 22.5 Å². The molecule has 2 rings (SSSR count). The van der Waals surface area contributed by atoms with Crippen LogP contribution in [-0.2, 0) is 14.3 Å². The standard InChI is InChI=1S/C9H6BrClO2.C9H7ClO3/c10-5-8(12)9(13)6-3-1-2-4-7(6)11;1-13-9(12)8(11)6-4-2-3-5-7(6)10/h1-4H,5H2;2-5H,1H3. The summed E-state index contributed by atoms with van der Waals surface area (Å²) >= 11 is 14.3. The zero-order valence-corrected chi connectivity index (χ0v) is 16.6. The maximum Gasteiger partial charge on any atom is 0.379 e. The van der Waals surface area contributed by atoms with Crippen molar-refractivity contribution in [3.8, 4) is 0 Å². The first kappa shape index (κ1) is 22.0. The van der Waals surface area contributed by atoms with Crippen LogP contribution in [0.5, 0.6) is 0 Å². The Morgan fingerprint density at radius 1 is 0.846 bits per heavy atom. The maximum absolute atomic E-state index is 11.3. The molecule has 0 saturated heterocycles. The van der Waals surface area contributed by atoms with E-state index in [2.05, 4.69) is 20.7 Å². The number of esters is 1. The van der Waals surface area contributed by atoms with Crippen molar-refractivity contribution in [1.82, 2.24) is 0 Å². The van der Waals surface area contributed by atoms with E-state index in [0.717, 1.165) is 7.11 Å². The number of Topliss-reactive ketones (excluding diaryl/α,β-unsaturated/α-hetero) is 3. The van der Waals surface area contributed by atoms with Gasteiger partial charge in [-0.2, -0.15) is 0 Å². The number of hydrogen-bond donors (Lipinski definition) is 0. The number of carbonyl (C=O) groups excluding carboxylic acids is 4. The van der Waals surface area contributed by atoms with Crippen LogP contribution in [0.2, 0.25) is 10.0 Å². The molecule has 5 nitrogen and oxygen atoms in total. The Morgan fingerprint density at radius 3 is 1.65 bits per heavy atom. The van der Waals surface area contributed by atoms with Crippen LogP contribution < -0.4 is 0 Å². The van der Waals surface area contributed by atoms with Crippen LogP contribution in [0.4, 0.5) is 0 Å². The molecule has 0 N–H and O–H groups in total. The fourth-order valence-corrected chi connectivity index (χ4v) is 2.40. The van der Waals surface area contributed by atoms with Crippen molar-refractivity contribution in [3.63, 3.8) is 0 Å². The molecule has 0 radical (unpaired) electrons. The minimum Gasteiger partial charge on any atom is -0.463 e. The molecule has 0 aliphatic carbocycles. The number of methoxy groups -OCH3 is 1. The van der Waals surface area contributed by atoms with Crippen LogP contribution in [0.15, 0.2) is 48.5 Å². The molecule has 0 heterocycles. The molecule has 0 aliphatic heterocycles. The second-order valence-electron chi connectivity index (χ2n) is 4.67. The van der Waals surface area contributed by atoms with E-state index in [1.807, 2.05) is 0 Å². The number of ether oxygens (including phenoxy) is 1. The predicted molar refractivity (Wildman–Crippen MR) is 102 cm³/mol. The van der Waals surface area contributed by atoms with Crippen molar-refractivity contribution in [3.05, 3.63) is 69.7 Å². The van der Waals surface area contributed by atoms with E-state index < -0.39 is 23.3 Å². The average Bonchev–Trinajstić information content (AvgIpc) is 2.67. The number of rotatable bonds is 5. The van der Waals surface area contributed by atoms with Crippen molar-refractivity contribution in [2.75, 3.05) is 12.4 Å².